The molecule has 3 nitrogen and oxygen atoms in total. The SMILES string of the molecule is C=CC(=O)N1c2ccccc2SC(C)(C)C1OC. The third-order valence-corrected chi connectivity index (χ3v) is 4.26. The first-order valence-electron chi connectivity index (χ1n) is 5.77. The number of carbonyl (C=O) groups excluding carboxylic acids is 1. The summed E-state index contributed by atoms with van der Waals surface area (Å²) in [5.41, 5.74) is 0.888. The van der Waals surface area contributed by atoms with Crippen LogP contribution in [0.2, 0.25) is 0 Å². The number of benzene rings is 1. The fourth-order valence-corrected chi connectivity index (χ4v) is 3.52. The summed E-state index contributed by atoms with van der Waals surface area (Å²) < 4.78 is 5.33. The molecule has 0 saturated heterocycles. The number of para-hydroxylation sites is 1. The lowest BCUT2D eigenvalue weighted by molar-refractivity contribution is -0.117. The molecule has 1 aliphatic heterocycles. The number of hydrogen-bond donors (Lipinski definition) is 0. The molecular formula is C14H17NO2S. The monoisotopic (exact) mass is 263 g/mol. The van der Waals surface area contributed by atoms with E-state index in [1.807, 2.05) is 24.3 Å². The fraction of sp³-hybridized carbons (Fsp3) is 0.357. The maximum absolute atomic E-state index is 12.1. The van der Waals surface area contributed by atoms with Crippen LogP contribution in [0.4, 0.5) is 5.69 Å². The van der Waals surface area contributed by atoms with E-state index in [4.69, 9.17) is 4.74 Å². The Hall–Kier alpha value is -1.26. The molecule has 0 aliphatic carbocycles. The van der Waals surface area contributed by atoms with Crippen molar-refractivity contribution in [3.63, 3.8) is 0 Å². The van der Waals surface area contributed by atoms with Crippen LogP contribution >= 0.6 is 11.8 Å². The molecule has 1 unspecified atom stereocenters. The topological polar surface area (TPSA) is 29.5 Å². The second-order valence-corrected chi connectivity index (χ2v) is 6.37. The van der Waals surface area contributed by atoms with E-state index in [0.29, 0.717) is 0 Å². The predicted molar refractivity (Wildman–Crippen MR) is 74.9 cm³/mol. The van der Waals surface area contributed by atoms with Crippen molar-refractivity contribution in [2.24, 2.45) is 0 Å². The molecule has 18 heavy (non-hydrogen) atoms. The van der Waals surface area contributed by atoms with Crippen LogP contribution in [0.3, 0.4) is 0 Å². The van der Waals surface area contributed by atoms with Crippen LogP contribution in [0.25, 0.3) is 0 Å². The summed E-state index contributed by atoms with van der Waals surface area (Å²) in [5.74, 6) is -0.136. The lowest BCUT2D eigenvalue weighted by atomic mass is 10.1. The highest BCUT2D eigenvalue weighted by molar-refractivity contribution is 8.01. The van der Waals surface area contributed by atoms with Crippen LogP contribution in [-0.4, -0.2) is 24.0 Å². The van der Waals surface area contributed by atoms with E-state index in [1.165, 1.54) is 6.08 Å². The van der Waals surface area contributed by atoms with E-state index in [1.54, 1.807) is 23.8 Å². The Labute approximate surface area is 112 Å². The number of anilines is 1. The highest BCUT2D eigenvalue weighted by atomic mass is 32.2. The average molecular weight is 263 g/mol. The minimum Gasteiger partial charge on any atom is -0.360 e. The Bertz CT molecular complexity index is 484. The average Bonchev–Trinajstić information content (AvgIpc) is 2.35. The van der Waals surface area contributed by atoms with Crippen molar-refractivity contribution >= 4 is 23.4 Å². The normalized spacial score (nSPS) is 21.3. The van der Waals surface area contributed by atoms with Crippen molar-refractivity contribution in [2.45, 2.75) is 29.7 Å². The van der Waals surface area contributed by atoms with Gasteiger partial charge in [-0.1, -0.05) is 18.7 Å². The van der Waals surface area contributed by atoms with Gasteiger partial charge in [0.05, 0.1) is 10.4 Å². The van der Waals surface area contributed by atoms with Crippen molar-refractivity contribution in [1.29, 1.82) is 0 Å². The first kappa shape index (κ1) is 13.2. The Morgan fingerprint density at radius 1 is 1.50 bits per heavy atom. The molecule has 1 aromatic rings. The smallest absolute Gasteiger partial charge is 0.252 e. The summed E-state index contributed by atoms with van der Waals surface area (Å²) in [6.45, 7) is 7.72. The molecule has 0 fully saturated rings. The summed E-state index contributed by atoms with van der Waals surface area (Å²) in [4.78, 5) is 14.9. The number of hydrogen-bond acceptors (Lipinski definition) is 3. The molecule has 0 spiro atoms. The van der Waals surface area contributed by atoms with Crippen molar-refractivity contribution < 1.29 is 9.53 Å². The van der Waals surface area contributed by atoms with Gasteiger partial charge in [-0.25, -0.2) is 0 Å². The third kappa shape index (κ3) is 2.06. The molecule has 0 bridgehead atoms. The van der Waals surface area contributed by atoms with Gasteiger partial charge in [-0.05, 0) is 32.1 Å². The van der Waals surface area contributed by atoms with Crippen molar-refractivity contribution in [3.05, 3.63) is 36.9 Å². The Morgan fingerprint density at radius 2 is 2.17 bits per heavy atom. The van der Waals surface area contributed by atoms with Gasteiger partial charge >= 0.3 is 0 Å². The van der Waals surface area contributed by atoms with E-state index in [-0.39, 0.29) is 16.9 Å². The largest absolute Gasteiger partial charge is 0.360 e. The van der Waals surface area contributed by atoms with Crippen LogP contribution in [0.1, 0.15) is 13.8 Å². The number of ether oxygens (including phenoxy) is 1. The second kappa shape index (κ2) is 4.78. The van der Waals surface area contributed by atoms with Gasteiger partial charge in [0.25, 0.3) is 5.91 Å². The number of amides is 1. The molecule has 1 atom stereocenters. The molecule has 1 aromatic carbocycles. The molecule has 0 aromatic heterocycles. The highest BCUT2D eigenvalue weighted by Gasteiger charge is 2.43. The Kier molecular flexibility index (Phi) is 3.50. The van der Waals surface area contributed by atoms with Gasteiger partial charge in [-0.2, -0.15) is 0 Å². The number of rotatable bonds is 2. The minimum absolute atomic E-state index is 0.136. The van der Waals surface area contributed by atoms with Gasteiger partial charge in [0.15, 0.2) is 6.23 Å². The number of carbonyl (C=O) groups is 1. The van der Waals surface area contributed by atoms with E-state index in [2.05, 4.69) is 20.4 Å². The summed E-state index contributed by atoms with van der Waals surface area (Å²) in [5, 5.41) is 0. The first-order valence-corrected chi connectivity index (χ1v) is 6.59. The third-order valence-electron chi connectivity index (χ3n) is 2.96. The summed E-state index contributed by atoms with van der Waals surface area (Å²) in [6, 6.07) is 7.86. The van der Waals surface area contributed by atoms with Gasteiger partial charge in [-0.15, -0.1) is 11.8 Å². The Balaban J connectivity index is 2.57. The van der Waals surface area contributed by atoms with Gasteiger partial charge in [-0.3, -0.25) is 9.69 Å². The van der Waals surface area contributed by atoms with Gasteiger partial charge in [0.2, 0.25) is 0 Å². The van der Waals surface area contributed by atoms with Crippen LogP contribution in [0.15, 0.2) is 41.8 Å². The van der Waals surface area contributed by atoms with Crippen LogP contribution in [0, 0.1) is 0 Å². The molecule has 2 rings (SSSR count). The zero-order chi connectivity index (χ0) is 13.3. The lowest BCUT2D eigenvalue weighted by Crippen LogP contribution is -2.53. The van der Waals surface area contributed by atoms with Crippen LogP contribution < -0.4 is 4.90 Å². The van der Waals surface area contributed by atoms with E-state index < -0.39 is 0 Å². The van der Waals surface area contributed by atoms with Crippen molar-refractivity contribution in [3.8, 4) is 0 Å². The van der Waals surface area contributed by atoms with E-state index in [9.17, 15) is 4.79 Å². The summed E-state index contributed by atoms with van der Waals surface area (Å²) in [7, 11) is 1.63. The van der Waals surface area contributed by atoms with Crippen molar-refractivity contribution in [2.75, 3.05) is 12.0 Å². The number of methoxy groups -OCH3 is 1. The molecule has 1 amide bonds. The molecule has 0 radical (unpaired) electrons. The van der Waals surface area contributed by atoms with Gasteiger partial charge in [0.1, 0.15) is 0 Å². The van der Waals surface area contributed by atoms with Crippen LogP contribution in [0.5, 0.6) is 0 Å². The standard InChI is InChI=1S/C14H17NO2S/c1-5-12(16)15-10-8-6-7-9-11(10)18-14(2,3)13(15)17-4/h5-9,13H,1H2,2-4H3. The van der Waals surface area contributed by atoms with Gasteiger partial charge in [0, 0.05) is 12.0 Å². The number of nitrogens with zero attached hydrogens (tertiary/aromatic N) is 1. The predicted octanol–water partition coefficient (Wildman–Crippen LogP) is 3.06. The Morgan fingerprint density at radius 3 is 2.78 bits per heavy atom. The fourth-order valence-electron chi connectivity index (χ4n) is 2.24. The maximum atomic E-state index is 12.1. The number of fused-ring (bicyclic) bond motifs is 1. The zero-order valence-electron chi connectivity index (χ0n) is 10.8. The lowest BCUT2D eigenvalue weighted by Gasteiger charge is -2.45. The zero-order valence-corrected chi connectivity index (χ0v) is 11.7. The van der Waals surface area contributed by atoms with Crippen molar-refractivity contribution in [1.82, 2.24) is 0 Å². The van der Waals surface area contributed by atoms with Crippen LogP contribution in [-0.2, 0) is 9.53 Å². The first-order chi connectivity index (χ1) is 8.51. The van der Waals surface area contributed by atoms with E-state index >= 15 is 0 Å². The molecule has 4 heteroatoms. The maximum Gasteiger partial charge on any atom is 0.252 e. The quantitative estimate of drug-likeness (QED) is 0.768. The molecule has 0 saturated carbocycles. The minimum atomic E-state index is -0.303. The second-order valence-electron chi connectivity index (χ2n) is 4.67. The number of thioether (sulfide) groups is 1. The van der Waals surface area contributed by atoms with E-state index in [0.717, 1.165) is 10.6 Å². The summed E-state index contributed by atoms with van der Waals surface area (Å²) in [6.07, 6.45) is 1.03. The molecular weight excluding hydrogens is 246 g/mol. The molecule has 1 heterocycles. The molecule has 96 valence electrons. The molecule has 1 aliphatic rings. The van der Waals surface area contributed by atoms with Gasteiger partial charge < -0.3 is 4.74 Å². The highest BCUT2D eigenvalue weighted by Crippen LogP contribution is 2.47. The molecule has 0 N–H and O–H groups in total. The summed E-state index contributed by atoms with van der Waals surface area (Å²) >= 11 is 1.73.